The van der Waals surface area contributed by atoms with Gasteiger partial charge >= 0.3 is 0 Å². The maximum Gasteiger partial charge on any atom is 0.255 e. The number of rotatable bonds is 9. The van der Waals surface area contributed by atoms with Crippen molar-refractivity contribution in [2.75, 3.05) is 18.4 Å². The van der Waals surface area contributed by atoms with Crippen LogP contribution in [0, 0.1) is 18.8 Å². The number of hydrogen-bond acceptors (Lipinski definition) is 5. The molecule has 38 heavy (non-hydrogen) atoms. The molecule has 0 atom stereocenters. The van der Waals surface area contributed by atoms with E-state index >= 15 is 0 Å². The average molecular weight is 528 g/mol. The van der Waals surface area contributed by atoms with Gasteiger partial charge in [0.2, 0.25) is 0 Å². The summed E-state index contributed by atoms with van der Waals surface area (Å²) in [6, 6.07) is 16.6. The van der Waals surface area contributed by atoms with E-state index in [0.29, 0.717) is 11.8 Å². The zero-order valence-electron chi connectivity index (χ0n) is 22.6. The predicted molar refractivity (Wildman–Crippen MR) is 156 cm³/mol. The standard InChI is InChI=1S/C31H37N5OS/c1-22(2)11-17-36-23(3)27(19-29(36)28-21-38-31(34-28)33-26-10-7-14-32-20-26)30(37)35-15-12-25(13-16-35)18-24-8-5-4-6-9-24/h4-10,14,19-22,25H,11-13,15-18H2,1-3H3,(H,33,34). The van der Waals surface area contributed by atoms with E-state index in [1.54, 1.807) is 23.7 Å². The molecule has 5 rings (SSSR count). The monoisotopic (exact) mass is 527 g/mol. The Kier molecular flexibility index (Phi) is 8.23. The lowest BCUT2D eigenvalue weighted by molar-refractivity contribution is 0.0689. The summed E-state index contributed by atoms with van der Waals surface area (Å²) in [6.07, 6.45) is 7.79. The fourth-order valence-corrected chi connectivity index (χ4v) is 5.94. The molecule has 4 aromatic rings. The quantitative estimate of drug-likeness (QED) is 0.250. The summed E-state index contributed by atoms with van der Waals surface area (Å²) in [7, 11) is 0. The zero-order chi connectivity index (χ0) is 26.5. The molecule has 0 unspecified atom stereocenters. The van der Waals surface area contributed by atoms with Crippen LogP contribution in [-0.4, -0.2) is 38.4 Å². The van der Waals surface area contributed by atoms with Crippen molar-refractivity contribution in [2.24, 2.45) is 11.8 Å². The lowest BCUT2D eigenvalue weighted by atomic mass is 9.90. The molecule has 1 fully saturated rings. The second-order valence-electron chi connectivity index (χ2n) is 10.7. The van der Waals surface area contributed by atoms with Crippen molar-refractivity contribution in [3.8, 4) is 11.4 Å². The zero-order valence-corrected chi connectivity index (χ0v) is 23.4. The van der Waals surface area contributed by atoms with Crippen molar-refractivity contribution in [3.05, 3.63) is 83.1 Å². The van der Waals surface area contributed by atoms with E-state index < -0.39 is 0 Å². The molecule has 6 nitrogen and oxygen atoms in total. The number of nitrogens with zero attached hydrogens (tertiary/aromatic N) is 4. The highest BCUT2D eigenvalue weighted by Gasteiger charge is 2.27. The lowest BCUT2D eigenvalue weighted by Gasteiger charge is -2.32. The average Bonchev–Trinajstić information content (AvgIpc) is 3.52. The van der Waals surface area contributed by atoms with E-state index in [1.165, 1.54) is 5.56 Å². The Hall–Kier alpha value is -3.45. The minimum atomic E-state index is 0.147. The number of amides is 1. The molecule has 0 saturated carbocycles. The highest BCUT2D eigenvalue weighted by molar-refractivity contribution is 7.14. The molecule has 0 aliphatic carbocycles. The fourth-order valence-electron chi connectivity index (χ4n) is 5.22. The SMILES string of the molecule is Cc1c(C(=O)N2CCC(Cc3ccccc3)CC2)cc(-c2csc(Nc3cccnc3)n2)n1CCC(C)C. The topological polar surface area (TPSA) is 63.1 Å². The van der Waals surface area contributed by atoms with Crippen molar-refractivity contribution in [1.29, 1.82) is 0 Å². The number of thiazole rings is 1. The number of benzene rings is 1. The van der Waals surface area contributed by atoms with Crippen molar-refractivity contribution < 1.29 is 4.79 Å². The van der Waals surface area contributed by atoms with E-state index in [9.17, 15) is 4.79 Å². The molecule has 1 aromatic carbocycles. The van der Waals surface area contributed by atoms with Gasteiger partial charge in [-0.05, 0) is 68.2 Å². The molecule has 0 spiro atoms. The first-order chi connectivity index (χ1) is 18.5. The van der Waals surface area contributed by atoms with Crippen LogP contribution in [0.5, 0.6) is 0 Å². The summed E-state index contributed by atoms with van der Waals surface area (Å²) >= 11 is 1.57. The maximum absolute atomic E-state index is 13.7. The number of carbonyl (C=O) groups is 1. The van der Waals surface area contributed by atoms with E-state index in [2.05, 4.69) is 82.3 Å². The van der Waals surface area contributed by atoms with Crippen LogP contribution in [0.15, 0.2) is 66.3 Å². The number of piperidine rings is 1. The van der Waals surface area contributed by atoms with E-state index in [-0.39, 0.29) is 5.91 Å². The highest BCUT2D eigenvalue weighted by Crippen LogP contribution is 2.32. The second kappa shape index (κ2) is 11.9. The van der Waals surface area contributed by atoms with Gasteiger partial charge in [0.25, 0.3) is 5.91 Å². The van der Waals surface area contributed by atoms with Gasteiger partial charge in [0.15, 0.2) is 5.13 Å². The first kappa shape index (κ1) is 26.2. The van der Waals surface area contributed by atoms with Gasteiger partial charge in [0.1, 0.15) is 0 Å². The Bertz CT molecular complexity index is 1340. The third-order valence-electron chi connectivity index (χ3n) is 7.48. The van der Waals surface area contributed by atoms with Crippen LogP contribution >= 0.6 is 11.3 Å². The van der Waals surface area contributed by atoms with Gasteiger partial charge in [0.05, 0.1) is 28.8 Å². The molecule has 198 valence electrons. The Morgan fingerprint density at radius 1 is 1.13 bits per heavy atom. The van der Waals surface area contributed by atoms with Crippen molar-refractivity contribution in [1.82, 2.24) is 19.4 Å². The second-order valence-corrected chi connectivity index (χ2v) is 11.6. The maximum atomic E-state index is 13.7. The Balaban J connectivity index is 1.33. The molecular weight excluding hydrogens is 490 g/mol. The molecule has 1 N–H and O–H groups in total. The van der Waals surface area contributed by atoms with E-state index in [0.717, 1.165) is 78.8 Å². The number of nitrogens with one attached hydrogen (secondary N) is 1. The normalized spacial score (nSPS) is 14.3. The lowest BCUT2D eigenvalue weighted by Crippen LogP contribution is -2.39. The number of likely N-dealkylation sites (tertiary alicyclic amines) is 1. The molecule has 0 bridgehead atoms. The number of aromatic nitrogens is 3. The number of carbonyl (C=O) groups excluding carboxylic acids is 1. The summed E-state index contributed by atoms with van der Waals surface area (Å²) in [4.78, 5) is 24.8. The smallest absolute Gasteiger partial charge is 0.255 e. The van der Waals surface area contributed by atoms with Gasteiger partial charge in [-0.3, -0.25) is 9.78 Å². The summed E-state index contributed by atoms with van der Waals surface area (Å²) in [5.74, 6) is 1.36. The largest absolute Gasteiger partial charge is 0.343 e. The fraction of sp³-hybridized carbons (Fsp3) is 0.387. The van der Waals surface area contributed by atoms with Crippen LogP contribution in [0.25, 0.3) is 11.4 Å². The van der Waals surface area contributed by atoms with Crippen molar-refractivity contribution in [3.63, 3.8) is 0 Å². The van der Waals surface area contributed by atoms with Gasteiger partial charge in [-0.15, -0.1) is 11.3 Å². The number of anilines is 2. The first-order valence-corrected chi connectivity index (χ1v) is 14.5. The summed E-state index contributed by atoms with van der Waals surface area (Å²) < 4.78 is 2.29. The van der Waals surface area contributed by atoms with Crippen LogP contribution in [0.3, 0.4) is 0 Å². The van der Waals surface area contributed by atoms with E-state index in [1.807, 2.05) is 12.1 Å². The molecule has 1 amide bonds. The van der Waals surface area contributed by atoms with Gasteiger partial charge in [-0.25, -0.2) is 4.98 Å². The molecule has 0 radical (unpaired) electrons. The minimum absolute atomic E-state index is 0.147. The van der Waals surface area contributed by atoms with Crippen LogP contribution in [-0.2, 0) is 13.0 Å². The van der Waals surface area contributed by atoms with Gasteiger partial charge in [0, 0.05) is 36.9 Å². The van der Waals surface area contributed by atoms with Crippen LogP contribution in [0.1, 0.15) is 54.7 Å². The van der Waals surface area contributed by atoms with Crippen LogP contribution in [0.4, 0.5) is 10.8 Å². The van der Waals surface area contributed by atoms with Gasteiger partial charge < -0.3 is 14.8 Å². The van der Waals surface area contributed by atoms with Crippen molar-refractivity contribution in [2.45, 2.75) is 53.0 Å². The molecule has 3 aromatic heterocycles. The molecular formula is C31H37N5OS. The molecule has 7 heteroatoms. The predicted octanol–water partition coefficient (Wildman–Crippen LogP) is 7.20. The van der Waals surface area contributed by atoms with Crippen LogP contribution in [0.2, 0.25) is 0 Å². The molecule has 4 heterocycles. The Morgan fingerprint density at radius 3 is 2.63 bits per heavy atom. The van der Waals surface area contributed by atoms with E-state index in [4.69, 9.17) is 4.98 Å². The Morgan fingerprint density at radius 2 is 1.92 bits per heavy atom. The summed E-state index contributed by atoms with van der Waals surface area (Å²) in [5.41, 5.74) is 6.05. The molecule has 1 aliphatic rings. The molecule has 1 saturated heterocycles. The highest BCUT2D eigenvalue weighted by atomic mass is 32.1. The third kappa shape index (κ3) is 6.16. The minimum Gasteiger partial charge on any atom is -0.343 e. The number of pyridine rings is 1. The summed E-state index contributed by atoms with van der Waals surface area (Å²) in [5, 5.41) is 6.23. The van der Waals surface area contributed by atoms with Gasteiger partial charge in [-0.1, -0.05) is 44.2 Å². The Labute approximate surface area is 229 Å². The molecule has 1 aliphatic heterocycles. The van der Waals surface area contributed by atoms with Crippen LogP contribution < -0.4 is 5.32 Å². The third-order valence-corrected chi connectivity index (χ3v) is 8.23. The van der Waals surface area contributed by atoms with Crippen molar-refractivity contribution >= 4 is 28.1 Å². The van der Waals surface area contributed by atoms with Gasteiger partial charge in [-0.2, -0.15) is 0 Å². The number of hydrogen-bond donors (Lipinski definition) is 1. The summed E-state index contributed by atoms with van der Waals surface area (Å²) in [6.45, 7) is 9.07. The first-order valence-electron chi connectivity index (χ1n) is 13.6.